The Kier molecular flexibility index (Phi) is 6.05. The van der Waals surface area contributed by atoms with Crippen LogP contribution in [0.15, 0.2) is 60.7 Å². The Bertz CT molecular complexity index is 1310. The molecule has 3 aromatic carbocycles. The maximum atomic E-state index is 13.7. The van der Waals surface area contributed by atoms with Crippen molar-refractivity contribution in [3.63, 3.8) is 0 Å². The summed E-state index contributed by atoms with van der Waals surface area (Å²) in [5.41, 5.74) is 3.94. The SMILES string of the molecule is CC(C)C(=O)NC1CCc2cccc3c2N(C1=O)C(C(=O)NC(C)c1cccc2ccccc12)C3. The summed E-state index contributed by atoms with van der Waals surface area (Å²) in [5.74, 6) is -0.764. The third-order valence-electron chi connectivity index (χ3n) is 7.20. The normalized spacial score (nSPS) is 19.9. The van der Waals surface area contributed by atoms with Crippen LogP contribution in [0.3, 0.4) is 0 Å². The number of nitrogens with one attached hydrogen (secondary N) is 2. The fourth-order valence-corrected chi connectivity index (χ4v) is 5.33. The van der Waals surface area contributed by atoms with Crippen molar-refractivity contribution in [2.45, 2.75) is 58.2 Å². The Morgan fingerprint density at radius 1 is 0.943 bits per heavy atom. The standard InChI is InChI=1S/C29H31N3O3/c1-17(2)27(33)31-24-15-14-20-10-6-11-21-16-25(32(26(20)21)29(24)35)28(34)30-18(3)22-13-7-9-19-8-4-5-12-23(19)22/h4-13,17-18,24-25H,14-16H2,1-3H3,(H,30,34)(H,31,33). The summed E-state index contributed by atoms with van der Waals surface area (Å²) in [5, 5.41) is 8.30. The van der Waals surface area contributed by atoms with Gasteiger partial charge in [0.15, 0.2) is 0 Å². The van der Waals surface area contributed by atoms with E-state index >= 15 is 0 Å². The maximum Gasteiger partial charge on any atom is 0.250 e. The highest BCUT2D eigenvalue weighted by molar-refractivity contribution is 6.08. The summed E-state index contributed by atoms with van der Waals surface area (Å²) in [6.07, 6.45) is 1.66. The minimum Gasteiger partial charge on any atom is -0.348 e. The highest BCUT2D eigenvalue weighted by Gasteiger charge is 2.44. The van der Waals surface area contributed by atoms with Crippen LogP contribution >= 0.6 is 0 Å². The lowest BCUT2D eigenvalue weighted by molar-refractivity contribution is -0.130. The zero-order valence-electron chi connectivity index (χ0n) is 20.4. The summed E-state index contributed by atoms with van der Waals surface area (Å²) >= 11 is 0. The van der Waals surface area contributed by atoms with E-state index in [0.717, 1.165) is 33.2 Å². The van der Waals surface area contributed by atoms with Gasteiger partial charge in [0.25, 0.3) is 0 Å². The number of benzene rings is 3. The number of aryl methyl sites for hydroxylation is 1. The Hall–Kier alpha value is -3.67. The highest BCUT2D eigenvalue weighted by atomic mass is 16.2. The van der Waals surface area contributed by atoms with Crippen molar-refractivity contribution in [3.8, 4) is 0 Å². The van der Waals surface area contributed by atoms with Gasteiger partial charge in [-0.25, -0.2) is 0 Å². The van der Waals surface area contributed by atoms with Crippen molar-refractivity contribution >= 4 is 34.2 Å². The summed E-state index contributed by atoms with van der Waals surface area (Å²) < 4.78 is 0. The van der Waals surface area contributed by atoms with Gasteiger partial charge in [-0.15, -0.1) is 0 Å². The molecular weight excluding hydrogens is 438 g/mol. The number of fused-ring (bicyclic) bond motifs is 1. The second-order valence-electron chi connectivity index (χ2n) is 9.91. The maximum absolute atomic E-state index is 13.7. The number of rotatable bonds is 5. The van der Waals surface area contributed by atoms with E-state index in [9.17, 15) is 14.4 Å². The molecule has 180 valence electrons. The van der Waals surface area contributed by atoms with Crippen molar-refractivity contribution in [1.29, 1.82) is 0 Å². The average Bonchev–Trinajstić information content (AvgIpc) is 3.19. The van der Waals surface area contributed by atoms with Gasteiger partial charge in [0.05, 0.1) is 11.7 Å². The molecule has 5 rings (SSSR count). The highest BCUT2D eigenvalue weighted by Crippen LogP contribution is 2.39. The second-order valence-corrected chi connectivity index (χ2v) is 9.91. The van der Waals surface area contributed by atoms with E-state index in [1.54, 1.807) is 4.90 Å². The number of hydrogen-bond acceptors (Lipinski definition) is 3. The molecule has 3 unspecified atom stereocenters. The third-order valence-corrected chi connectivity index (χ3v) is 7.20. The van der Waals surface area contributed by atoms with Crippen molar-refractivity contribution < 1.29 is 14.4 Å². The Morgan fingerprint density at radius 3 is 2.46 bits per heavy atom. The summed E-state index contributed by atoms with van der Waals surface area (Å²) in [7, 11) is 0. The lowest BCUT2D eigenvalue weighted by Gasteiger charge is -2.29. The van der Waals surface area contributed by atoms with Crippen LogP contribution in [0.4, 0.5) is 5.69 Å². The van der Waals surface area contributed by atoms with Gasteiger partial charge in [0, 0.05) is 12.3 Å². The predicted molar refractivity (Wildman–Crippen MR) is 137 cm³/mol. The first-order valence-corrected chi connectivity index (χ1v) is 12.4. The van der Waals surface area contributed by atoms with E-state index < -0.39 is 12.1 Å². The minimum absolute atomic E-state index is 0.153. The van der Waals surface area contributed by atoms with Crippen LogP contribution in [0.5, 0.6) is 0 Å². The zero-order chi connectivity index (χ0) is 24.7. The van der Waals surface area contributed by atoms with Gasteiger partial charge in [-0.1, -0.05) is 74.5 Å². The van der Waals surface area contributed by atoms with Gasteiger partial charge in [0.2, 0.25) is 17.7 Å². The zero-order valence-corrected chi connectivity index (χ0v) is 20.4. The van der Waals surface area contributed by atoms with Crippen LogP contribution in [0.1, 0.15) is 49.9 Å². The predicted octanol–water partition coefficient (Wildman–Crippen LogP) is 4.06. The molecular formula is C29H31N3O3. The average molecular weight is 470 g/mol. The smallest absolute Gasteiger partial charge is 0.250 e. The first kappa shape index (κ1) is 23.1. The van der Waals surface area contributed by atoms with E-state index in [1.807, 2.05) is 63.2 Å². The fraction of sp³-hybridized carbons (Fsp3) is 0.345. The fourth-order valence-electron chi connectivity index (χ4n) is 5.33. The van der Waals surface area contributed by atoms with Crippen LogP contribution in [-0.4, -0.2) is 29.8 Å². The van der Waals surface area contributed by atoms with Crippen LogP contribution in [-0.2, 0) is 27.2 Å². The first-order valence-electron chi connectivity index (χ1n) is 12.4. The molecule has 6 nitrogen and oxygen atoms in total. The summed E-state index contributed by atoms with van der Waals surface area (Å²) in [4.78, 5) is 41.4. The lowest BCUT2D eigenvalue weighted by atomic mass is 9.99. The van der Waals surface area contributed by atoms with Crippen molar-refractivity contribution in [2.75, 3.05) is 4.90 Å². The van der Waals surface area contributed by atoms with E-state index in [-0.39, 0.29) is 29.7 Å². The van der Waals surface area contributed by atoms with Gasteiger partial charge in [-0.2, -0.15) is 0 Å². The van der Waals surface area contributed by atoms with E-state index in [1.165, 1.54) is 0 Å². The van der Waals surface area contributed by atoms with E-state index in [2.05, 4.69) is 28.8 Å². The molecule has 2 N–H and O–H groups in total. The molecule has 0 saturated carbocycles. The molecule has 0 spiro atoms. The molecule has 3 atom stereocenters. The van der Waals surface area contributed by atoms with Crippen LogP contribution in [0.2, 0.25) is 0 Å². The molecule has 0 fully saturated rings. The van der Waals surface area contributed by atoms with Gasteiger partial charge >= 0.3 is 0 Å². The van der Waals surface area contributed by atoms with Gasteiger partial charge in [-0.3, -0.25) is 19.3 Å². The molecule has 3 amide bonds. The van der Waals surface area contributed by atoms with Gasteiger partial charge < -0.3 is 10.6 Å². The number of carbonyl (C=O) groups excluding carboxylic acids is 3. The number of amides is 3. The molecule has 2 aliphatic rings. The number of nitrogens with zero attached hydrogens (tertiary/aromatic N) is 1. The molecule has 0 radical (unpaired) electrons. The first-order chi connectivity index (χ1) is 16.8. The van der Waals surface area contributed by atoms with Gasteiger partial charge in [-0.05, 0) is 47.2 Å². The number of hydrogen-bond donors (Lipinski definition) is 2. The number of para-hydroxylation sites is 1. The van der Waals surface area contributed by atoms with E-state index in [0.29, 0.717) is 19.3 Å². The summed E-state index contributed by atoms with van der Waals surface area (Å²) in [6, 6.07) is 18.7. The molecule has 0 bridgehead atoms. The largest absolute Gasteiger partial charge is 0.348 e. The van der Waals surface area contributed by atoms with Crippen LogP contribution < -0.4 is 15.5 Å². The van der Waals surface area contributed by atoms with Crippen molar-refractivity contribution in [3.05, 3.63) is 77.4 Å². The molecule has 2 aliphatic heterocycles. The van der Waals surface area contributed by atoms with Crippen molar-refractivity contribution in [2.24, 2.45) is 5.92 Å². The molecule has 0 saturated heterocycles. The van der Waals surface area contributed by atoms with Crippen LogP contribution in [0, 0.1) is 5.92 Å². The summed E-state index contributed by atoms with van der Waals surface area (Å²) in [6.45, 7) is 5.59. The minimum atomic E-state index is -0.646. The number of anilines is 1. The molecule has 35 heavy (non-hydrogen) atoms. The monoisotopic (exact) mass is 469 g/mol. The molecule has 0 aliphatic carbocycles. The molecule has 2 heterocycles. The quantitative estimate of drug-likeness (QED) is 0.592. The van der Waals surface area contributed by atoms with Crippen molar-refractivity contribution in [1.82, 2.24) is 10.6 Å². The topological polar surface area (TPSA) is 78.5 Å². The molecule has 0 aromatic heterocycles. The number of carbonyl (C=O) groups is 3. The Labute approximate surface area is 205 Å². The molecule has 3 aromatic rings. The van der Waals surface area contributed by atoms with E-state index in [4.69, 9.17) is 0 Å². The lowest BCUT2D eigenvalue weighted by Crippen LogP contribution is -2.55. The van der Waals surface area contributed by atoms with Gasteiger partial charge in [0.1, 0.15) is 12.1 Å². The Morgan fingerprint density at radius 2 is 1.66 bits per heavy atom. The Balaban J connectivity index is 1.43. The third kappa shape index (κ3) is 4.18. The van der Waals surface area contributed by atoms with Crippen LogP contribution in [0.25, 0.3) is 10.8 Å². The second kappa shape index (κ2) is 9.17. The molecule has 6 heteroatoms.